The maximum Gasteiger partial charge on any atom is 0.316 e. The summed E-state index contributed by atoms with van der Waals surface area (Å²) >= 11 is 5.68. The lowest BCUT2D eigenvalue weighted by atomic mass is 11.4. The minimum absolute atomic E-state index is 0. The molecule has 0 N–H and O–H groups in total. The molecule has 5 heavy (non-hydrogen) atoms. The van der Waals surface area contributed by atoms with E-state index in [0.717, 1.165) is 0 Å². The average molecular weight is 210 g/mol. The predicted molar refractivity (Wildman–Crippen MR) is 34.2 cm³/mol. The van der Waals surface area contributed by atoms with E-state index in [1.807, 2.05) is 0 Å². The van der Waals surface area contributed by atoms with E-state index in [2.05, 4.69) is 41.5 Å². The van der Waals surface area contributed by atoms with Gasteiger partial charge in [-0.2, -0.15) is 0 Å². The summed E-state index contributed by atoms with van der Waals surface area (Å²) in [5.41, 5.74) is 0. The lowest BCUT2D eigenvalue weighted by Gasteiger charge is -1.33. The standard InChI is InChI=1S/C2Br2.Mg.2H/c3-1-2-4;;;. The Bertz CT molecular complexity index is 44.4. The molecule has 0 unspecified atom stereocenters. The Balaban J connectivity index is 0. The first-order valence-corrected chi connectivity index (χ1v) is 2.21. The second-order valence-electron chi connectivity index (χ2n) is 0.189. The molecule has 0 radical (unpaired) electrons. The highest BCUT2D eigenvalue weighted by atomic mass is 79.9. The van der Waals surface area contributed by atoms with Crippen LogP contribution in [0.25, 0.3) is 0 Å². The van der Waals surface area contributed by atoms with Crippen molar-refractivity contribution in [3.8, 4) is 9.66 Å². The van der Waals surface area contributed by atoms with Gasteiger partial charge < -0.3 is 0 Å². The number of halogens is 2. The Labute approximate surface area is 64.1 Å². The predicted octanol–water partition coefficient (Wildman–Crippen LogP) is 0.778. The topological polar surface area (TPSA) is 0 Å². The first-order valence-electron chi connectivity index (χ1n) is 0.628. The molecule has 0 aromatic rings. The highest BCUT2D eigenvalue weighted by molar-refractivity contribution is 9.14. The Hall–Kier alpha value is 1.29. The van der Waals surface area contributed by atoms with Gasteiger partial charge in [0.05, 0.1) is 0 Å². The highest BCUT2D eigenvalue weighted by Crippen LogP contribution is 1.72. The summed E-state index contributed by atoms with van der Waals surface area (Å²) in [6.45, 7) is 0. The van der Waals surface area contributed by atoms with E-state index in [4.69, 9.17) is 0 Å². The Morgan fingerprint density at radius 3 is 1.20 bits per heavy atom. The summed E-state index contributed by atoms with van der Waals surface area (Å²) in [5, 5.41) is 0. The maximum atomic E-state index is 2.84. The average Bonchev–Trinajstić information content (AvgIpc) is 1.37. The summed E-state index contributed by atoms with van der Waals surface area (Å²) in [5.74, 6) is 0. The maximum absolute atomic E-state index is 2.84. The zero-order chi connectivity index (χ0) is 3.41. The van der Waals surface area contributed by atoms with Gasteiger partial charge in [0.2, 0.25) is 0 Å². The lowest BCUT2D eigenvalue weighted by molar-refractivity contribution is 3.14. The first kappa shape index (κ1) is 9.56. The van der Waals surface area contributed by atoms with Crippen molar-refractivity contribution >= 4 is 54.9 Å². The van der Waals surface area contributed by atoms with Crippen LogP contribution in [0.15, 0.2) is 0 Å². The zero-order valence-electron chi connectivity index (χ0n) is 1.76. The van der Waals surface area contributed by atoms with Crippen LogP contribution >= 0.6 is 31.9 Å². The molecule has 0 nitrogen and oxygen atoms in total. The smallest absolute Gasteiger partial charge is 0.0115 e. The van der Waals surface area contributed by atoms with Gasteiger partial charge in [-0.3, -0.25) is 0 Å². The molecule has 0 aliphatic carbocycles. The van der Waals surface area contributed by atoms with Gasteiger partial charge in [-0.25, -0.2) is 0 Å². The van der Waals surface area contributed by atoms with Crippen LogP contribution in [0, 0.1) is 9.66 Å². The van der Waals surface area contributed by atoms with E-state index in [1.165, 1.54) is 0 Å². The van der Waals surface area contributed by atoms with E-state index in [0.29, 0.717) is 0 Å². The van der Waals surface area contributed by atoms with Crippen LogP contribution in [0.3, 0.4) is 0 Å². The highest BCUT2D eigenvalue weighted by Gasteiger charge is 1.33. The van der Waals surface area contributed by atoms with Crippen molar-refractivity contribution in [3.63, 3.8) is 0 Å². The number of hydrogen-bond donors (Lipinski definition) is 0. The Morgan fingerprint density at radius 2 is 1.20 bits per heavy atom. The third kappa shape index (κ3) is 10.9. The molecule has 0 aliphatic rings. The van der Waals surface area contributed by atoms with Gasteiger partial charge in [0.15, 0.2) is 0 Å². The SMILES string of the molecule is BrC#CBr.[MgH2]. The fourth-order valence-electron chi connectivity index (χ4n) is 0. The minimum atomic E-state index is 0. The first-order chi connectivity index (χ1) is 1.91. The molecule has 26 valence electrons. The van der Waals surface area contributed by atoms with Crippen LogP contribution in [0.5, 0.6) is 0 Å². The third-order valence-electron chi connectivity index (χ3n) is 0.0357. The van der Waals surface area contributed by atoms with E-state index in [1.54, 1.807) is 0 Å². The van der Waals surface area contributed by atoms with Crippen LogP contribution in [0.4, 0.5) is 0 Å². The van der Waals surface area contributed by atoms with Crippen molar-refractivity contribution in [2.24, 2.45) is 0 Å². The fourth-order valence-corrected chi connectivity index (χ4v) is 0. The lowest BCUT2D eigenvalue weighted by Crippen LogP contribution is -1.09. The van der Waals surface area contributed by atoms with Gasteiger partial charge in [-0.05, 0) is 9.66 Å². The molecule has 3 heteroatoms. The molecular weight excluding hydrogens is 208 g/mol. The third-order valence-corrected chi connectivity index (χ3v) is 0.964. The van der Waals surface area contributed by atoms with Crippen LogP contribution in [-0.2, 0) is 0 Å². The van der Waals surface area contributed by atoms with Gasteiger partial charge in [-0.1, -0.05) is 0 Å². The van der Waals surface area contributed by atoms with Crippen molar-refractivity contribution in [2.45, 2.75) is 0 Å². The van der Waals surface area contributed by atoms with Gasteiger partial charge in [0.25, 0.3) is 0 Å². The molecule has 0 bridgehead atoms. The molecule has 0 heterocycles. The van der Waals surface area contributed by atoms with Crippen LogP contribution in [-0.4, -0.2) is 23.1 Å². The van der Waals surface area contributed by atoms with Crippen molar-refractivity contribution in [1.82, 2.24) is 0 Å². The fraction of sp³-hybridized carbons (Fsp3) is 0. The number of hydrogen-bond acceptors (Lipinski definition) is 0. The molecule has 0 aliphatic heterocycles. The van der Waals surface area contributed by atoms with E-state index in [9.17, 15) is 0 Å². The van der Waals surface area contributed by atoms with E-state index in [-0.39, 0.29) is 23.1 Å². The van der Waals surface area contributed by atoms with Crippen LogP contribution in [0.2, 0.25) is 0 Å². The molecule has 0 rings (SSSR count). The van der Waals surface area contributed by atoms with Crippen molar-refractivity contribution in [1.29, 1.82) is 0 Å². The molecule has 0 saturated heterocycles. The normalized spacial score (nSPS) is 2.80. The zero-order valence-corrected chi connectivity index (χ0v) is 4.93. The van der Waals surface area contributed by atoms with E-state index >= 15 is 0 Å². The molecule has 0 fully saturated rings. The second-order valence-corrected chi connectivity index (χ2v) is 0.982. The molecular formula is C2H2Br2Mg. The van der Waals surface area contributed by atoms with Crippen LogP contribution < -0.4 is 0 Å². The summed E-state index contributed by atoms with van der Waals surface area (Å²) in [6, 6.07) is 0. The summed E-state index contributed by atoms with van der Waals surface area (Å²) in [4.78, 5) is 4.82. The Kier molecular flexibility index (Phi) is 17.2. The second kappa shape index (κ2) is 8.99. The van der Waals surface area contributed by atoms with Crippen LogP contribution in [0.1, 0.15) is 0 Å². The minimum Gasteiger partial charge on any atom is -0.0115 e. The summed E-state index contributed by atoms with van der Waals surface area (Å²) < 4.78 is 0. The molecule has 0 saturated carbocycles. The van der Waals surface area contributed by atoms with Gasteiger partial charge in [0, 0.05) is 31.9 Å². The quantitative estimate of drug-likeness (QED) is 0.409. The van der Waals surface area contributed by atoms with Crippen molar-refractivity contribution < 1.29 is 0 Å². The van der Waals surface area contributed by atoms with E-state index < -0.39 is 0 Å². The van der Waals surface area contributed by atoms with Gasteiger partial charge in [-0.15, -0.1) is 0 Å². The molecule has 0 spiro atoms. The molecule has 0 aromatic heterocycles. The van der Waals surface area contributed by atoms with Crippen molar-refractivity contribution in [2.75, 3.05) is 0 Å². The molecule has 0 aromatic carbocycles. The Morgan fingerprint density at radius 1 is 1.00 bits per heavy atom. The van der Waals surface area contributed by atoms with Crippen molar-refractivity contribution in [3.05, 3.63) is 0 Å². The monoisotopic (exact) mass is 208 g/mol. The number of rotatable bonds is 0. The summed E-state index contributed by atoms with van der Waals surface area (Å²) in [6.07, 6.45) is 0. The molecule has 0 atom stereocenters. The van der Waals surface area contributed by atoms with Gasteiger partial charge >= 0.3 is 23.1 Å². The largest absolute Gasteiger partial charge is 0.316 e. The van der Waals surface area contributed by atoms with Gasteiger partial charge in [0.1, 0.15) is 0 Å². The summed E-state index contributed by atoms with van der Waals surface area (Å²) in [7, 11) is 0. The molecule has 0 amide bonds.